The topological polar surface area (TPSA) is 45.8 Å². The van der Waals surface area contributed by atoms with Crippen LogP contribution in [0.15, 0.2) is 23.0 Å². The fourth-order valence-corrected chi connectivity index (χ4v) is 1.52. The van der Waals surface area contributed by atoms with Crippen molar-refractivity contribution in [1.82, 2.24) is 9.97 Å². The van der Waals surface area contributed by atoms with Gasteiger partial charge in [-0.3, -0.25) is 4.79 Å². The van der Waals surface area contributed by atoms with Gasteiger partial charge in [0.1, 0.15) is 5.82 Å². The molecule has 2 rings (SSSR count). The minimum absolute atomic E-state index is 0.0458. The molecule has 0 radical (unpaired) electrons. The van der Waals surface area contributed by atoms with Crippen LogP contribution in [-0.4, -0.2) is 9.97 Å². The number of benzene rings is 1. The van der Waals surface area contributed by atoms with Crippen molar-refractivity contribution in [3.05, 3.63) is 39.9 Å². The highest BCUT2D eigenvalue weighted by Gasteiger charge is 2.03. The third-order valence-corrected chi connectivity index (χ3v) is 2.32. The molecule has 1 heterocycles. The second kappa shape index (κ2) is 5.45. The third kappa shape index (κ3) is 2.30. The van der Waals surface area contributed by atoms with E-state index in [2.05, 4.69) is 9.97 Å². The van der Waals surface area contributed by atoms with Crippen LogP contribution in [0.2, 0.25) is 0 Å². The predicted octanol–water partition coefficient (Wildman–Crippen LogP) is 2.82. The van der Waals surface area contributed by atoms with Gasteiger partial charge in [0.05, 0.1) is 10.9 Å². The van der Waals surface area contributed by atoms with Crippen molar-refractivity contribution in [2.45, 2.75) is 34.1 Å². The molecule has 0 unspecified atom stereocenters. The minimum Gasteiger partial charge on any atom is -0.310 e. The lowest BCUT2D eigenvalue weighted by atomic mass is 10.1. The van der Waals surface area contributed by atoms with Gasteiger partial charge in [0.2, 0.25) is 0 Å². The molecule has 0 aliphatic rings. The summed E-state index contributed by atoms with van der Waals surface area (Å²) >= 11 is 0. The van der Waals surface area contributed by atoms with E-state index < -0.39 is 0 Å². The minimum atomic E-state index is -0.0458. The second-order valence-corrected chi connectivity index (χ2v) is 3.34. The van der Waals surface area contributed by atoms with Crippen molar-refractivity contribution in [3.8, 4) is 0 Å². The van der Waals surface area contributed by atoms with Crippen LogP contribution < -0.4 is 5.56 Å². The first-order valence-corrected chi connectivity index (χ1v) is 5.71. The molecule has 0 saturated carbocycles. The van der Waals surface area contributed by atoms with E-state index in [0.717, 1.165) is 23.3 Å². The Morgan fingerprint density at radius 1 is 1.31 bits per heavy atom. The van der Waals surface area contributed by atoms with Crippen molar-refractivity contribution in [2.75, 3.05) is 0 Å². The molecule has 0 fully saturated rings. The summed E-state index contributed by atoms with van der Waals surface area (Å²) in [6, 6.07) is 5.64. The van der Waals surface area contributed by atoms with E-state index in [1.807, 2.05) is 39.8 Å². The van der Waals surface area contributed by atoms with E-state index in [0.29, 0.717) is 5.39 Å². The summed E-state index contributed by atoms with van der Waals surface area (Å²) in [6.45, 7) is 7.94. The molecule has 16 heavy (non-hydrogen) atoms. The number of nitrogens with zero attached hydrogens (tertiary/aromatic N) is 1. The normalized spacial score (nSPS) is 9.75. The number of aromatic nitrogens is 2. The van der Waals surface area contributed by atoms with Crippen LogP contribution in [0.4, 0.5) is 0 Å². The molecule has 0 aliphatic heterocycles. The summed E-state index contributed by atoms with van der Waals surface area (Å²) in [6.07, 6.45) is 0.750. The number of rotatable bonds is 1. The standard InChI is InChI=1S/C11H12N2O.C2H6/c1-3-9-12-10-7(2)5-4-6-8(10)11(14)13-9;1-2/h4-6H,3H2,1-2H3,(H,12,13,14);1-2H3. The fourth-order valence-electron chi connectivity index (χ4n) is 1.52. The Balaban J connectivity index is 0.000000606. The molecule has 2 aromatic rings. The van der Waals surface area contributed by atoms with Gasteiger partial charge < -0.3 is 4.98 Å². The molecule has 0 spiro atoms. The van der Waals surface area contributed by atoms with Crippen LogP contribution in [-0.2, 0) is 6.42 Å². The molecule has 0 saturated heterocycles. The van der Waals surface area contributed by atoms with Gasteiger partial charge in [-0.25, -0.2) is 4.98 Å². The maximum atomic E-state index is 11.6. The van der Waals surface area contributed by atoms with Crippen LogP contribution in [0, 0.1) is 6.92 Å². The quantitative estimate of drug-likeness (QED) is 0.800. The number of aromatic amines is 1. The molecular formula is C13H18N2O. The van der Waals surface area contributed by atoms with Gasteiger partial charge in [-0.2, -0.15) is 0 Å². The van der Waals surface area contributed by atoms with Crippen molar-refractivity contribution in [2.24, 2.45) is 0 Å². The summed E-state index contributed by atoms with van der Waals surface area (Å²) in [5, 5.41) is 0.669. The van der Waals surface area contributed by atoms with E-state index >= 15 is 0 Å². The Bertz CT molecular complexity index is 529. The van der Waals surface area contributed by atoms with Crippen LogP contribution in [0.5, 0.6) is 0 Å². The van der Waals surface area contributed by atoms with Gasteiger partial charge in [-0.15, -0.1) is 0 Å². The predicted molar refractivity (Wildman–Crippen MR) is 67.8 cm³/mol. The Morgan fingerprint density at radius 2 is 2.00 bits per heavy atom. The van der Waals surface area contributed by atoms with Crippen molar-refractivity contribution in [1.29, 1.82) is 0 Å². The zero-order chi connectivity index (χ0) is 12.1. The number of hydrogen-bond donors (Lipinski definition) is 1. The number of H-pyrrole nitrogens is 1. The third-order valence-electron chi connectivity index (χ3n) is 2.32. The largest absolute Gasteiger partial charge is 0.310 e. The lowest BCUT2D eigenvalue weighted by Gasteiger charge is -2.02. The SMILES string of the molecule is CC.CCc1nc2c(C)cccc2c(=O)[nH]1. The molecule has 0 bridgehead atoms. The Labute approximate surface area is 95.5 Å². The molecule has 86 valence electrons. The zero-order valence-electron chi connectivity index (χ0n) is 10.3. The lowest BCUT2D eigenvalue weighted by Crippen LogP contribution is -2.11. The summed E-state index contributed by atoms with van der Waals surface area (Å²) < 4.78 is 0. The molecule has 0 aliphatic carbocycles. The summed E-state index contributed by atoms with van der Waals surface area (Å²) in [4.78, 5) is 18.8. The highest BCUT2D eigenvalue weighted by atomic mass is 16.1. The first kappa shape index (κ1) is 12.4. The van der Waals surface area contributed by atoms with E-state index in [1.54, 1.807) is 6.07 Å². The van der Waals surface area contributed by atoms with Crippen molar-refractivity contribution in [3.63, 3.8) is 0 Å². The van der Waals surface area contributed by atoms with E-state index in [4.69, 9.17) is 0 Å². The van der Waals surface area contributed by atoms with E-state index in [9.17, 15) is 4.79 Å². The van der Waals surface area contributed by atoms with Crippen molar-refractivity contribution < 1.29 is 0 Å². The number of nitrogens with one attached hydrogen (secondary N) is 1. The summed E-state index contributed by atoms with van der Waals surface area (Å²) in [5.74, 6) is 0.747. The molecule has 0 amide bonds. The summed E-state index contributed by atoms with van der Waals surface area (Å²) in [7, 11) is 0. The van der Waals surface area contributed by atoms with Crippen LogP contribution in [0.3, 0.4) is 0 Å². The maximum Gasteiger partial charge on any atom is 0.258 e. The molecule has 1 N–H and O–H groups in total. The zero-order valence-corrected chi connectivity index (χ0v) is 10.3. The molecule has 3 heteroatoms. The van der Waals surface area contributed by atoms with Crippen molar-refractivity contribution >= 4 is 10.9 Å². The fraction of sp³-hybridized carbons (Fsp3) is 0.385. The van der Waals surface area contributed by atoms with Gasteiger partial charge in [0.25, 0.3) is 5.56 Å². The smallest absolute Gasteiger partial charge is 0.258 e. The van der Waals surface area contributed by atoms with Gasteiger partial charge in [0.15, 0.2) is 0 Å². The Hall–Kier alpha value is -1.64. The van der Waals surface area contributed by atoms with Crippen LogP contribution in [0.25, 0.3) is 10.9 Å². The van der Waals surface area contributed by atoms with E-state index in [-0.39, 0.29) is 5.56 Å². The highest BCUT2D eigenvalue weighted by Crippen LogP contribution is 2.11. The average molecular weight is 218 g/mol. The first-order valence-electron chi connectivity index (χ1n) is 5.71. The number of fused-ring (bicyclic) bond motifs is 1. The first-order chi connectivity index (χ1) is 7.72. The monoisotopic (exact) mass is 218 g/mol. The Morgan fingerprint density at radius 3 is 2.62 bits per heavy atom. The maximum absolute atomic E-state index is 11.6. The number of para-hydroxylation sites is 1. The van der Waals surface area contributed by atoms with Gasteiger partial charge in [0, 0.05) is 6.42 Å². The van der Waals surface area contributed by atoms with Crippen LogP contribution >= 0.6 is 0 Å². The number of aryl methyl sites for hydroxylation is 2. The van der Waals surface area contributed by atoms with Crippen LogP contribution in [0.1, 0.15) is 32.2 Å². The number of hydrogen-bond acceptors (Lipinski definition) is 2. The average Bonchev–Trinajstić information content (AvgIpc) is 2.33. The second-order valence-electron chi connectivity index (χ2n) is 3.34. The molecule has 0 atom stereocenters. The molecular weight excluding hydrogens is 200 g/mol. The summed E-state index contributed by atoms with van der Waals surface area (Å²) in [5.41, 5.74) is 1.81. The highest BCUT2D eigenvalue weighted by molar-refractivity contribution is 5.80. The van der Waals surface area contributed by atoms with Gasteiger partial charge >= 0.3 is 0 Å². The lowest BCUT2D eigenvalue weighted by molar-refractivity contribution is 0.942. The molecule has 1 aromatic heterocycles. The molecule has 1 aromatic carbocycles. The van der Waals surface area contributed by atoms with Gasteiger partial charge in [-0.05, 0) is 18.6 Å². The molecule has 3 nitrogen and oxygen atoms in total. The van der Waals surface area contributed by atoms with Gasteiger partial charge in [-0.1, -0.05) is 32.9 Å². The van der Waals surface area contributed by atoms with E-state index in [1.165, 1.54) is 0 Å². The Kier molecular flexibility index (Phi) is 4.23.